The van der Waals surface area contributed by atoms with Crippen molar-refractivity contribution in [3.8, 4) is 6.07 Å². The van der Waals surface area contributed by atoms with E-state index in [0.29, 0.717) is 17.9 Å². The van der Waals surface area contributed by atoms with Crippen LogP contribution in [0.2, 0.25) is 0 Å². The summed E-state index contributed by atoms with van der Waals surface area (Å²) in [5, 5.41) is 9.62. The summed E-state index contributed by atoms with van der Waals surface area (Å²) >= 11 is 0. The summed E-state index contributed by atoms with van der Waals surface area (Å²) in [5.74, 6) is 1.24. The van der Waals surface area contributed by atoms with Crippen molar-refractivity contribution in [3.63, 3.8) is 0 Å². The van der Waals surface area contributed by atoms with Crippen LogP contribution in [0.15, 0.2) is 18.5 Å². The van der Waals surface area contributed by atoms with Gasteiger partial charge in [0.15, 0.2) is 5.82 Å². The van der Waals surface area contributed by atoms with Gasteiger partial charge in [0.25, 0.3) is 0 Å². The zero-order valence-corrected chi connectivity index (χ0v) is 15.1. The number of carbonyl (C=O) groups is 1. The van der Waals surface area contributed by atoms with Crippen LogP contribution in [0, 0.1) is 17.2 Å². The molecule has 1 aliphatic heterocycles. The summed E-state index contributed by atoms with van der Waals surface area (Å²) < 4.78 is 1.78. The number of piperidine rings is 1. The van der Waals surface area contributed by atoms with Crippen molar-refractivity contribution in [3.05, 3.63) is 41.1 Å². The number of imidazole rings is 1. The lowest BCUT2D eigenvalue weighted by molar-refractivity contribution is 0.0893. The molecule has 6 nitrogen and oxygen atoms in total. The predicted molar refractivity (Wildman–Crippen MR) is 98.1 cm³/mol. The molecule has 0 N–H and O–H groups in total. The van der Waals surface area contributed by atoms with E-state index in [1.807, 2.05) is 13.1 Å². The molecule has 0 amide bonds. The number of ketones is 1. The number of hydrogen-bond acceptors (Lipinski definition) is 5. The molecule has 1 saturated heterocycles. The van der Waals surface area contributed by atoms with E-state index in [1.54, 1.807) is 17.0 Å². The zero-order chi connectivity index (χ0) is 18.1. The van der Waals surface area contributed by atoms with Gasteiger partial charge in [0, 0.05) is 44.1 Å². The van der Waals surface area contributed by atoms with Gasteiger partial charge in [-0.2, -0.15) is 5.26 Å². The summed E-state index contributed by atoms with van der Waals surface area (Å²) in [6.45, 7) is 1.44. The van der Waals surface area contributed by atoms with Crippen molar-refractivity contribution in [2.24, 2.45) is 13.0 Å². The van der Waals surface area contributed by atoms with Gasteiger partial charge >= 0.3 is 0 Å². The minimum Gasteiger partial charge on any atom is -0.355 e. The Hall–Kier alpha value is -2.68. The monoisotopic (exact) mass is 349 g/mol. The first-order valence-corrected chi connectivity index (χ1v) is 9.36. The first kappa shape index (κ1) is 16.8. The number of aryl methyl sites for hydroxylation is 3. The lowest BCUT2D eigenvalue weighted by Crippen LogP contribution is -2.40. The van der Waals surface area contributed by atoms with Crippen LogP contribution in [-0.2, 0) is 19.9 Å². The zero-order valence-electron chi connectivity index (χ0n) is 15.1. The van der Waals surface area contributed by atoms with Crippen LogP contribution >= 0.6 is 0 Å². The highest BCUT2D eigenvalue weighted by Gasteiger charge is 2.30. The molecule has 26 heavy (non-hydrogen) atoms. The number of aromatic nitrogens is 3. The molecule has 1 aliphatic carbocycles. The molecule has 134 valence electrons. The summed E-state index contributed by atoms with van der Waals surface area (Å²) in [6.07, 6.45) is 9.56. The van der Waals surface area contributed by atoms with E-state index in [0.717, 1.165) is 50.2 Å². The van der Waals surface area contributed by atoms with Gasteiger partial charge in [-0.25, -0.2) is 9.97 Å². The van der Waals surface area contributed by atoms with E-state index in [1.165, 1.54) is 12.0 Å². The van der Waals surface area contributed by atoms with Crippen molar-refractivity contribution in [2.75, 3.05) is 18.0 Å². The van der Waals surface area contributed by atoms with Crippen LogP contribution in [0.3, 0.4) is 0 Å². The third kappa shape index (κ3) is 2.98. The summed E-state index contributed by atoms with van der Waals surface area (Å²) in [5.41, 5.74) is 2.98. The molecule has 0 bridgehead atoms. The Balaban J connectivity index is 1.61. The van der Waals surface area contributed by atoms with Gasteiger partial charge in [-0.1, -0.05) is 0 Å². The standard InChI is InChI=1S/C20H23N5O/c1-24-10-8-22-20(24)18(26)15-6-4-9-25(13-15)19-16(12-21)11-14-5-2-3-7-17(14)23-19/h8,10-11,15H,2-7,9,13H2,1H3/t15-/m0/s1. The average molecular weight is 349 g/mol. The van der Waals surface area contributed by atoms with Gasteiger partial charge < -0.3 is 9.47 Å². The molecule has 0 saturated carbocycles. The Bertz CT molecular complexity index is 879. The van der Waals surface area contributed by atoms with Gasteiger partial charge in [0.1, 0.15) is 11.9 Å². The number of hydrogen-bond donors (Lipinski definition) is 0. The first-order valence-electron chi connectivity index (χ1n) is 9.36. The first-order chi connectivity index (χ1) is 12.7. The lowest BCUT2D eigenvalue weighted by Gasteiger charge is -2.34. The van der Waals surface area contributed by atoms with Crippen molar-refractivity contribution in [2.45, 2.75) is 38.5 Å². The van der Waals surface area contributed by atoms with Crippen LogP contribution in [0.1, 0.15) is 53.1 Å². The maximum Gasteiger partial charge on any atom is 0.203 e. The minimum absolute atomic E-state index is 0.0821. The Morgan fingerprint density at radius 3 is 2.92 bits per heavy atom. The topological polar surface area (TPSA) is 74.8 Å². The normalized spacial score (nSPS) is 19.7. The molecule has 6 heteroatoms. The number of rotatable bonds is 3. The van der Waals surface area contributed by atoms with Gasteiger partial charge in [-0.15, -0.1) is 0 Å². The number of nitriles is 1. The number of anilines is 1. The fourth-order valence-electron chi connectivity index (χ4n) is 4.12. The number of nitrogens with zero attached hydrogens (tertiary/aromatic N) is 5. The molecular weight excluding hydrogens is 326 g/mol. The van der Waals surface area contributed by atoms with Gasteiger partial charge in [-0.3, -0.25) is 4.79 Å². The molecule has 2 aliphatic rings. The third-order valence-corrected chi connectivity index (χ3v) is 5.53. The van der Waals surface area contributed by atoms with E-state index < -0.39 is 0 Å². The molecule has 2 aromatic heterocycles. The quantitative estimate of drug-likeness (QED) is 0.797. The van der Waals surface area contributed by atoms with E-state index in [2.05, 4.69) is 16.0 Å². The number of carbonyl (C=O) groups excluding carboxylic acids is 1. The molecule has 0 spiro atoms. The highest BCUT2D eigenvalue weighted by Crippen LogP contribution is 2.30. The maximum atomic E-state index is 12.9. The molecule has 1 fully saturated rings. The predicted octanol–water partition coefficient (Wildman–Crippen LogP) is 2.66. The molecule has 4 rings (SSSR count). The average Bonchev–Trinajstić information content (AvgIpc) is 3.12. The van der Waals surface area contributed by atoms with E-state index in [-0.39, 0.29) is 11.7 Å². The Kier molecular flexibility index (Phi) is 4.46. The fraction of sp³-hybridized carbons (Fsp3) is 0.500. The van der Waals surface area contributed by atoms with Gasteiger partial charge in [0.05, 0.1) is 5.56 Å². The molecule has 0 aromatic carbocycles. The van der Waals surface area contributed by atoms with Crippen molar-refractivity contribution in [1.82, 2.24) is 14.5 Å². The van der Waals surface area contributed by atoms with Gasteiger partial charge in [0.2, 0.25) is 5.78 Å². The molecule has 1 atom stereocenters. The number of fused-ring (bicyclic) bond motifs is 1. The molecule has 2 aromatic rings. The van der Waals surface area contributed by atoms with Crippen LogP contribution in [-0.4, -0.2) is 33.4 Å². The van der Waals surface area contributed by atoms with Crippen molar-refractivity contribution in [1.29, 1.82) is 5.26 Å². The van der Waals surface area contributed by atoms with Crippen molar-refractivity contribution >= 4 is 11.6 Å². The number of Topliss-reactive ketones (excluding diaryl/α,β-unsaturated/α-hetero) is 1. The second-order valence-corrected chi connectivity index (χ2v) is 7.30. The Labute approximate surface area is 153 Å². The number of pyridine rings is 1. The summed E-state index contributed by atoms with van der Waals surface area (Å²) in [7, 11) is 1.85. The molecule has 0 radical (unpaired) electrons. The van der Waals surface area contributed by atoms with Crippen molar-refractivity contribution < 1.29 is 4.79 Å². The van der Waals surface area contributed by atoms with E-state index in [9.17, 15) is 10.1 Å². The van der Waals surface area contributed by atoms with Crippen LogP contribution < -0.4 is 4.90 Å². The Morgan fingerprint density at radius 1 is 1.31 bits per heavy atom. The largest absolute Gasteiger partial charge is 0.355 e. The second-order valence-electron chi connectivity index (χ2n) is 7.30. The highest BCUT2D eigenvalue weighted by atomic mass is 16.1. The smallest absolute Gasteiger partial charge is 0.203 e. The van der Waals surface area contributed by atoms with Crippen LogP contribution in [0.5, 0.6) is 0 Å². The van der Waals surface area contributed by atoms with Crippen LogP contribution in [0.4, 0.5) is 5.82 Å². The van der Waals surface area contributed by atoms with Crippen LogP contribution in [0.25, 0.3) is 0 Å². The SMILES string of the molecule is Cn1ccnc1C(=O)[C@H]1CCCN(c2nc3c(cc2C#N)CCCC3)C1. The van der Waals surface area contributed by atoms with Gasteiger partial charge in [-0.05, 0) is 50.2 Å². The molecule has 3 heterocycles. The molecule has 0 unspecified atom stereocenters. The summed E-state index contributed by atoms with van der Waals surface area (Å²) in [4.78, 5) is 24.0. The second kappa shape index (κ2) is 6.91. The maximum absolute atomic E-state index is 12.9. The van der Waals surface area contributed by atoms with E-state index >= 15 is 0 Å². The summed E-state index contributed by atoms with van der Waals surface area (Å²) in [6, 6.07) is 4.33. The van der Waals surface area contributed by atoms with E-state index in [4.69, 9.17) is 4.98 Å². The fourth-order valence-corrected chi connectivity index (χ4v) is 4.12. The minimum atomic E-state index is -0.103. The highest BCUT2D eigenvalue weighted by molar-refractivity contribution is 5.95. The Morgan fingerprint density at radius 2 is 2.15 bits per heavy atom. The molecular formula is C20H23N5O. The third-order valence-electron chi connectivity index (χ3n) is 5.53. The lowest BCUT2D eigenvalue weighted by atomic mass is 9.92.